The van der Waals surface area contributed by atoms with Crippen LogP contribution >= 0.6 is 11.3 Å². The second-order valence-electron chi connectivity index (χ2n) is 5.46. The molecule has 7 heteroatoms. The van der Waals surface area contributed by atoms with Crippen LogP contribution in [0.3, 0.4) is 0 Å². The van der Waals surface area contributed by atoms with Crippen molar-refractivity contribution in [3.05, 3.63) is 28.8 Å². The van der Waals surface area contributed by atoms with Crippen molar-refractivity contribution in [1.29, 1.82) is 0 Å². The lowest BCUT2D eigenvalue weighted by molar-refractivity contribution is -0.118. The lowest BCUT2D eigenvalue weighted by Crippen LogP contribution is -2.27. The first-order chi connectivity index (χ1) is 11.1. The van der Waals surface area contributed by atoms with Gasteiger partial charge in [-0.25, -0.2) is 0 Å². The Kier molecular flexibility index (Phi) is 4.21. The van der Waals surface area contributed by atoms with Crippen LogP contribution in [0, 0.1) is 0 Å². The van der Waals surface area contributed by atoms with Crippen LogP contribution in [0.4, 0.5) is 5.13 Å². The normalized spacial score (nSPS) is 15.1. The van der Waals surface area contributed by atoms with Crippen LogP contribution in [0.15, 0.2) is 18.2 Å². The predicted molar refractivity (Wildman–Crippen MR) is 88.4 cm³/mol. The van der Waals surface area contributed by atoms with E-state index in [2.05, 4.69) is 15.5 Å². The van der Waals surface area contributed by atoms with Crippen molar-refractivity contribution in [3.8, 4) is 11.5 Å². The summed E-state index contributed by atoms with van der Waals surface area (Å²) in [5.74, 6) is 1.25. The van der Waals surface area contributed by atoms with Gasteiger partial charge in [0, 0.05) is 0 Å². The molecule has 3 rings (SSSR count). The summed E-state index contributed by atoms with van der Waals surface area (Å²) >= 11 is 1.42. The minimum atomic E-state index is -0.502. The van der Waals surface area contributed by atoms with Crippen molar-refractivity contribution < 1.29 is 14.3 Å². The number of aryl methyl sites for hydroxylation is 1. The number of carbonyl (C=O) groups is 1. The van der Waals surface area contributed by atoms with E-state index in [0.717, 1.165) is 29.8 Å². The highest BCUT2D eigenvalue weighted by atomic mass is 32.1. The minimum absolute atomic E-state index is 0.0384. The number of nitrogens with one attached hydrogen (secondary N) is 1. The zero-order valence-corrected chi connectivity index (χ0v) is 14.2. The summed E-state index contributed by atoms with van der Waals surface area (Å²) in [5, 5.41) is 12.4. The van der Waals surface area contributed by atoms with Crippen molar-refractivity contribution in [3.63, 3.8) is 0 Å². The highest BCUT2D eigenvalue weighted by Gasteiger charge is 2.51. The van der Waals surface area contributed by atoms with E-state index in [9.17, 15) is 4.79 Å². The van der Waals surface area contributed by atoms with E-state index >= 15 is 0 Å². The molecule has 2 aromatic rings. The molecule has 0 bridgehead atoms. The molecule has 1 amide bonds. The van der Waals surface area contributed by atoms with Gasteiger partial charge in [-0.1, -0.05) is 24.3 Å². The molecule has 1 heterocycles. The van der Waals surface area contributed by atoms with Gasteiger partial charge in [-0.2, -0.15) is 0 Å². The fraction of sp³-hybridized carbons (Fsp3) is 0.438. The van der Waals surface area contributed by atoms with E-state index in [4.69, 9.17) is 9.47 Å². The topological polar surface area (TPSA) is 73.3 Å². The lowest BCUT2D eigenvalue weighted by Gasteiger charge is -2.16. The van der Waals surface area contributed by atoms with Gasteiger partial charge in [-0.05, 0) is 37.0 Å². The van der Waals surface area contributed by atoms with Gasteiger partial charge in [0.25, 0.3) is 0 Å². The number of rotatable bonds is 6. The number of ether oxygens (including phenoxy) is 2. The van der Waals surface area contributed by atoms with E-state index in [1.165, 1.54) is 11.3 Å². The summed E-state index contributed by atoms with van der Waals surface area (Å²) in [6.07, 6.45) is 2.44. The molecule has 23 heavy (non-hydrogen) atoms. The molecule has 0 aliphatic heterocycles. The molecule has 1 aromatic heterocycles. The largest absolute Gasteiger partial charge is 0.493 e. The fourth-order valence-corrected chi connectivity index (χ4v) is 3.24. The third-order valence-electron chi connectivity index (χ3n) is 4.11. The minimum Gasteiger partial charge on any atom is -0.493 e. The molecule has 1 fully saturated rings. The Bertz CT molecular complexity index is 725. The Morgan fingerprint density at radius 1 is 1.26 bits per heavy atom. The van der Waals surface area contributed by atoms with Gasteiger partial charge in [0.05, 0.1) is 19.6 Å². The Morgan fingerprint density at radius 2 is 2.00 bits per heavy atom. The number of carbonyl (C=O) groups excluding carboxylic acids is 1. The lowest BCUT2D eigenvalue weighted by atomic mass is 9.94. The summed E-state index contributed by atoms with van der Waals surface area (Å²) < 4.78 is 10.6. The number of amides is 1. The van der Waals surface area contributed by atoms with Crippen molar-refractivity contribution in [2.75, 3.05) is 19.5 Å². The molecule has 0 saturated heterocycles. The summed E-state index contributed by atoms with van der Waals surface area (Å²) in [6, 6.07) is 5.64. The molecule has 122 valence electrons. The van der Waals surface area contributed by atoms with Crippen molar-refractivity contribution >= 4 is 22.4 Å². The molecule has 0 spiro atoms. The first-order valence-electron chi connectivity index (χ1n) is 7.49. The maximum absolute atomic E-state index is 12.7. The van der Waals surface area contributed by atoms with Crippen molar-refractivity contribution in [2.45, 2.75) is 31.6 Å². The quantitative estimate of drug-likeness (QED) is 0.880. The molecule has 0 radical (unpaired) electrons. The predicted octanol–water partition coefficient (Wildman–Crippen LogP) is 2.79. The molecule has 1 N–H and O–H groups in total. The van der Waals surface area contributed by atoms with Crippen LogP contribution in [0.2, 0.25) is 0 Å². The number of benzene rings is 1. The number of nitrogens with zero attached hydrogens (tertiary/aromatic N) is 2. The van der Waals surface area contributed by atoms with Crippen LogP contribution in [-0.2, 0) is 16.6 Å². The molecule has 0 unspecified atom stereocenters. The van der Waals surface area contributed by atoms with Gasteiger partial charge in [-0.15, -0.1) is 10.2 Å². The van der Waals surface area contributed by atoms with Gasteiger partial charge in [0.2, 0.25) is 11.0 Å². The van der Waals surface area contributed by atoms with Crippen LogP contribution in [0.25, 0.3) is 0 Å². The Balaban J connectivity index is 1.82. The van der Waals surface area contributed by atoms with Crippen molar-refractivity contribution in [2.24, 2.45) is 0 Å². The molecule has 6 nitrogen and oxygen atoms in total. The van der Waals surface area contributed by atoms with E-state index in [-0.39, 0.29) is 5.91 Å². The smallest absolute Gasteiger partial charge is 0.236 e. The van der Waals surface area contributed by atoms with E-state index < -0.39 is 5.41 Å². The number of hydrogen-bond acceptors (Lipinski definition) is 6. The van der Waals surface area contributed by atoms with E-state index in [1.54, 1.807) is 14.2 Å². The maximum Gasteiger partial charge on any atom is 0.236 e. The maximum atomic E-state index is 12.7. The molecular weight excluding hydrogens is 314 g/mol. The van der Waals surface area contributed by atoms with Gasteiger partial charge in [-0.3, -0.25) is 10.1 Å². The second-order valence-corrected chi connectivity index (χ2v) is 6.52. The summed E-state index contributed by atoms with van der Waals surface area (Å²) in [7, 11) is 3.19. The molecular formula is C16H19N3O3S. The third-order valence-corrected chi connectivity index (χ3v) is 5.09. The number of methoxy groups -OCH3 is 2. The summed E-state index contributed by atoms with van der Waals surface area (Å²) in [4.78, 5) is 12.7. The molecule has 1 aromatic carbocycles. The first kappa shape index (κ1) is 15.7. The Morgan fingerprint density at radius 3 is 2.57 bits per heavy atom. The standard InChI is InChI=1S/C16H19N3O3S/c1-4-13-18-19-15(23-13)17-14(20)16(7-8-16)10-5-6-11(21-2)12(9-10)22-3/h5-6,9H,4,7-8H2,1-3H3,(H,17,19,20). The molecule has 0 atom stereocenters. The number of aromatic nitrogens is 2. The second kappa shape index (κ2) is 6.16. The Labute approximate surface area is 138 Å². The van der Waals surface area contributed by atoms with Gasteiger partial charge >= 0.3 is 0 Å². The van der Waals surface area contributed by atoms with E-state index in [0.29, 0.717) is 16.6 Å². The highest BCUT2D eigenvalue weighted by molar-refractivity contribution is 7.15. The van der Waals surface area contributed by atoms with Crippen LogP contribution in [0.1, 0.15) is 30.3 Å². The van der Waals surface area contributed by atoms with Gasteiger partial charge < -0.3 is 9.47 Å². The highest BCUT2D eigenvalue weighted by Crippen LogP contribution is 2.50. The number of hydrogen-bond donors (Lipinski definition) is 1. The Hall–Kier alpha value is -2.15. The van der Waals surface area contributed by atoms with Crippen LogP contribution < -0.4 is 14.8 Å². The zero-order chi connectivity index (χ0) is 16.4. The molecule has 1 saturated carbocycles. The molecule has 1 aliphatic carbocycles. The van der Waals surface area contributed by atoms with Crippen molar-refractivity contribution in [1.82, 2.24) is 10.2 Å². The average molecular weight is 333 g/mol. The average Bonchev–Trinajstić information content (AvgIpc) is 3.28. The summed E-state index contributed by atoms with van der Waals surface area (Å²) in [5.41, 5.74) is 0.435. The van der Waals surface area contributed by atoms with Gasteiger partial charge in [0.1, 0.15) is 5.01 Å². The molecule has 1 aliphatic rings. The zero-order valence-electron chi connectivity index (χ0n) is 13.4. The van der Waals surface area contributed by atoms with E-state index in [1.807, 2.05) is 25.1 Å². The number of anilines is 1. The van der Waals surface area contributed by atoms with Crippen LogP contribution in [0.5, 0.6) is 11.5 Å². The van der Waals surface area contributed by atoms with Crippen LogP contribution in [-0.4, -0.2) is 30.3 Å². The van der Waals surface area contributed by atoms with Gasteiger partial charge in [0.15, 0.2) is 11.5 Å². The first-order valence-corrected chi connectivity index (χ1v) is 8.31. The summed E-state index contributed by atoms with van der Waals surface area (Å²) in [6.45, 7) is 2.01. The third kappa shape index (κ3) is 2.88. The monoisotopic (exact) mass is 333 g/mol. The fourth-order valence-electron chi connectivity index (χ4n) is 2.57. The SMILES string of the molecule is CCc1nnc(NC(=O)C2(c3ccc(OC)c(OC)c3)CC2)s1.